The highest BCUT2D eigenvalue weighted by Crippen LogP contribution is 2.08. The predicted octanol–water partition coefficient (Wildman–Crippen LogP) is -1.01. The van der Waals surface area contributed by atoms with Crippen LogP contribution in [0.5, 0.6) is 0 Å². The maximum Gasteiger partial charge on any atom is 0.323 e. The van der Waals surface area contributed by atoms with Crippen molar-refractivity contribution in [2.24, 2.45) is 11.7 Å². The maximum absolute atomic E-state index is 11.7. The Morgan fingerprint density at radius 2 is 2.15 bits per heavy atom. The lowest BCUT2D eigenvalue weighted by Crippen LogP contribution is -2.39. The van der Waals surface area contributed by atoms with E-state index < -0.39 is 23.7 Å². The molecule has 0 fully saturated rings. The summed E-state index contributed by atoms with van der Waals surface area (Å²) in [5.41, 5.74) is 11.1. The molecule has 0 aliphatic rings. The highest BCUT2D eigenvalue weighted by atomic mass is 35.5. The molecular formula is C14H23ClN6O5. The summed E-state index contributed by atoms with van der Waals surface area (Å²) in [5.74, 6) is -0.673. The van der Waals surface area contributed by atoms with Crippen LogP contribution in [-0.2, 0) is 21.0 Å². The number of esters is 1. The van der Waals surface area contributed by atoms with E-state index >= 15 is 0 Å². The van der Waals surface area contributed by atoms with Gasteiger partial charge in [-0.15, -0.1) is 12.4 Å². The fourth-order valence-electron chi connectivity index (χ4n) is 1.95. The molecule has 0 aromatic carbocycles. The third-order valence-electron chi connectivity index (χ3n) is 3.55. The van der Waals surface area contributed by atoms with Gasteiger partial charge in [0, 0.05) is 0 Å². The molecule has 2 atom stereocenters. The Bertz CT molecular complexity index is 792. The number of nitrogens with two attached hydrogens (primary N) is 2. The van der Waals surface area contributed by atoms with Gasteiger partial charge in [-0.05, 0) is 5.92 Å². The number of aromatic amines is 1. The Kier molecular flexibility index (Phi) is 7.96. The number of H-pyrrole nitrogens is 1. The number of aromatic nitrogens is 4. The van der Waals surface area contributed by atoms with Crippen LogP contribution < -0.4 is 17.0 Å². The summed E-state index contributed by atoms with van der Waals surface area (Å²) in [6.45, 7) is 3.02. The van der Waals surface area contributed by atoms with E-state index in [-0.39, 0.29) is 55.4 Å². The van der Waals surface area contributed by atoms with E-state index in [4.69, 9.17) is 20.9 Å². The Hall–Kier alpha value is -2.21. The summed E-state index contributed by atoms with van der Waals surface area (Å²) in [6.07, 6.45) is 0.599. The van der Waals surface area contributed by atoms with Crippen LogP contribution >= 0.6 is 12.4 Å². The molecule has 0 amide bonds. The normalized spacial score (nSPS) is 13.4. The molecule has 2 rings (SSSR count). The van der Waals surface area contributed by atoms with Gasteiger partial charge in [0.05, 0.1) is 12.9 Å². The summed E-state index contributed by atoms with van der Waals surface area (Å²) in [5, 5.41) is 9.35. The largest absolute Gasteiger partial charge is 0.462 e. The molecule has 1 unspecified atom stereocenters. The summed E-state index contributed by atoms with van der Waals surface area (Å²) in [6, 6.07) is -0.740. The molecule has 6 N–H and O–H groups in total. The zero-order chi connectivity index (χ0) is 18.6. The minimum Gasteiger partial charge on any atom is -0.462 e. The number of fused-ring (bicyclic) bond motifs is 1. The van der Waals surface area contributed by atoms with E-state index in [0.29, 0.717) is 0 Å². The lowest BCUT2D eigenvalue weighted by molar-refractivity contribution is -0.153. The monoisotopic (exact) mass is 390 g/mol. The molecular weight excluding hydrogens is 368 g/mol. The van der Waals surface area contributed by atoms with Crippen molar-refractivity contribution in [2.45, 2.75) is 32.7 Å². The second-order valence-electron chi connectivity index (χ2n) is 5.84. The van der Waals surface area contributed by atoms with Crippen molar-refractivity contribution < 1.29 is 19.4 Å². The number of hydrogen-bond donors (Lipinski definition) is 4. The Morgan fingerprint density at radius 3 is 2.77 bits per heavy atom. The molecule has 0 spiro atoms. The summed E-state index contributed by atoms with van der Waals surface area (Å²) < 4.78 is 12.0. The topological polar surface area (TPSA) is 171 Å². The Morgan fingerprint density at radius 1 is 1.46 bits per heavy atom. The van der Waals surface area contributed by atoms with Gasteiger partial charge in [-0.2, -0.15) is 4.98 Å². The summed E-state index contributed by atoms with van der Waals surface area (Å²) in [4.78, 5) is 33.7. The fourth-order valence-corrected chi connectivity index (χ4v) is 1.95. The zero-order valence-corrected chi connectivity index (χ0v) is 15.2. The molecule has 0 saturated heterocycles. The predicted molar refractivity (Wildman–Crippen MR) is 95.5 cm³/mol. The fraction of sp³-hybridized carbons (Fsp3) is 0.571. The van der Waals surface area contributed by atoms with Crippen molar-refractivity contribution >= 4 is 35.5 Å². The molecule has 0 bridgehead atoms. The molecule has 0 radical (unpaired) electrons. The van der Waals surface area contributed by atoms with E-state index in [1.165, 1.54) is 10.9 Å². The van der Waals surface area contributed by atoms with Crippen molar-refractivity contribution in [2.75, 3.05) is 18.9 Å². The van der Waals surface area contributed by atoms with Crippen LogP contribution in [0.2, 0.25) is 0 Å². The van der Waals surface area contributed by atoms with Crippen LogP contribution in [0.25, 0.3) is 11.2 Å². The Labute approximate surface area is 155 Å². The highest BCUT2D eigenvalue weighted by Gasteiger charge is 2.21. The first-order valence-corrected chi connectivity index (χ1v) is 7.68. The molecule has 2 aromatic rings. The minimum atomic E-state index is -0.764. The highest BCUT2D eigenvalue weighted by molar-refractivity contribution is 5.85. The van der Waals surface area contributed by atoms with E-state index in [2.05, 4.69) is 15.0 Å². The molecule has 11 nitrogen and oxygen atoms in total. The quantitative estimate of drug-likeness (QED) is 0.412. The molecule has 0 aliphatic heterocycles. The average Bonchev–Trinajstić information content (AvgIpc) is 2.97. The van der Waals surface area contributed by atoms with Crippen molar-refractivity contribution in [3.05, 3.63) is 16.7 Å². The van der Waals surface area contributed by atoms with Crippen LogP contribution in [0, 0.1) is 5.92 Å². The number of aliphatic hydroxyl groups is 1. The molecule has 0 saturated carbocycles. The van der Waals surface area contributed by atoms with Crippen molar-refractivity contribution in [1.29, 1.82) is 0 Å². The molecule has 12 heteroatoms. The third-order valence-corrected chi connectivity index (χ3v) is 3.55. The van der Waals surface area contributed by atoms with Gasteiger partial charge in [-0.25, -0.2) is 4.98 Å². The molecule has 2 heterocycles. The number of nitrogens with one attached hydrogen (secondary N) is 1. The van der Waals surface area contributed by atoms with Crippen molar-refractivity contribution in [3.63, 3.8) is 0 Å². The number of imidazole rings is 1. The number of hydrogen-bond acceptors (Lipinski definition) is 9. The Balaban J connectivity index is 0.00000338. The first-order valence-electron chi connectivity index (χ1n) is 7.68. The van der Waals surface area contributed by atoms with E-state index in [1.807, 2.05) is 0 Å². The van der Waals surface area contributed by atoms with Gasteiger partial charge in [0.15, 0.2) is 11.2 Å². The standard InChI is InChI=1S/C14H22N6O5.ClH/c1-7(2)9(15)13(23)24-4-8(3-21)25-6-20-5-17-10-11(20)18-14(16)19-12(10)22;/h5,7-9,21H,3-4,6,15H2,1-2H3,(H3,16,18,19,22);1H/t8?,9-;/m0./s1. The first kappa shape index (κ1) is 21.8. The minimum absolute atomic E-state index is 0. The molecule has 0 aliphatic carbocycles. The number of anilines is 1. The number of rotatable bonds is 8. The van der Waals surface area contributed by atoms with Gasteiger partial charge in [-0.1, -0.05) is 13.8 Å². The number of halogens is 1. The average molecular weight is 391 g/mol. The van der Waals surface area contributed by atoms with Crippen molar-refractivity contribution in [3.8, 4) is 0 Å². The van der Waals surface area contributed by atoms with Crippen LogP contribution in [0.3, 0.4) is 0 Å². The SMILES string of the molecule is CC(C)[C@H](N)C(=O)OCC(CO)OCn1cnc2c(=O)[nH]c(N)nc21.Cl. The summed E-state index contributed by atoms with van der Waals surface area (Å²) in [7, 11) is 0. The molecule has 26 heavy (non-hydrogen) atoms. The zero-order valence-electron chi connectivity index (χ0n) is 14.4. The lowest BCUT2D eigenvalue weighted by Gasteiger charge is -2.19. The van der Waals surface area contributed by atoms with E-state index in [1.54, 1.807) is 13.8 Å². The van der Waals surface area contributed by atoms with Crippen LogP contribution in [0.4, 0.5) is 5.95 Å². The second-order valence-corrected chi connectivity index (χ2v) is 5.84. The number of carbonyl (C=O) groups is 1. The van der Waals surface area contributed by atoms with Gasteiger partial charge in [0.2, 0.25) is 5.95 Å². The van der Waals surface area contributed by atoms with Crippen LogP contribution in [-0.4, -0.2) is 56.0 Å². The lowest BCUT2D eigenvalue weighted by atomic mass is 10.1. The number of aliphatic hydroxyl groups excluding tert-OH is 1. The number of nitrogen functional groups attached to an aromatic ring is 1. The smallest absolute Gasteiger partial charge is 0.323 e. The number of nitrogens with zero attached hydrogens (tertiary/aromatic N) is 3. The summed E-state index contributed by atoms with van der Waals surface area (Å²) >= 11 is 0. The maximum atomic E-state index is 11.7. The van der Waals surface area contributed by atoms with Gasteiger partial charge >= 0.3 is 5.97 Å². The third kappa shape index (κ3) is 5.14. The molecule has 2 aromatic heterocycles. The van der Waals surface area contributed by atoms with Gasteiger partial charge < -0.3 is 26.0 Å². The first-order chi connectivity index (χ1) is 11.8. The van der Waals surface area contributed by atoms with Crippen LogP contribution in [0.15, 0.2) is 11.1 Å². The number of carbonyl (C=O) groups excluding carboxylic acids is 1. The van der Waals surface area contributed by atoms with Gasteiger partial charge in [0.1, 0.15) is 25.5 Å². The van der Waals surface area contributed by atoms with Crippen molar-refractivity contribution in [1.82, 2.24) is 19.5 Å². The van der Waals surface area contributed by atoms with E-state index in [9.17, 15) is 14.7 Å². The number of ether oxygens (including phenoxy) is 2. The molecule has 146 valence electrons. The van der Waals surface area contributed by atoms with Crippen LogP contribution in [0.1, 0.15) is 13.8 Å². The van der Waals surface area contributed by atoms with E-state index in [0.717, 1.165) is 0 Å². The van der Waals surface area contributed by atoms with Gasteiger partial charge in [-0.3, -0.25) is 19.1 Å². The van der Waals surface area contributed by atoms with Gasteiger partial charge in [0.25, 0.3) is 5.56 Å². The second kappa shape index (κ2) is 9.48.